The maximum absolute atomic E-state index is 13.0. The van der Waals surface area contributed by atoms with E-state index >= 15 is 0 Å². The minimum absolute atomic E-state index is 0.0935. The Morgan fingerprint density at radius 1 is 0.973 bits per heavy atom. The summed E-state index contributed by atoms with van der Waals surface area (Å²) in [6.07, 6.45) is 0.543. The minimum Gasteiger partial charge on any atom is -0.489 e. The van der Waals surface area contributed by atoms with Crippen molar-refractivity contribution in [1.29, 1.82) is 0 Å². The first-order valence-electron chi connectivity index (χ1n) is 12.5. The number of imide groups is 1. The van der Waals surface area contributed by atoms with E-state index in [1.807, 2.05) is 23.1 Å². The van der Waals surface area contributed by atoms with E-state index < -0.39 is 17.9 Å². The lowest BCUT2D eigenvalue weighted by atomic mass is 10.0. The van der Waals surface area contributed by atoms with Crippen LogP contribution in [-0.2, 0) is 34.1 Å². The summed E-state index contributed by atoms with van der Waals surface area (Å²) in [5.74, 6) is -1.13. The monoisotopic (exact) mass is 506 g/mol. The van der Waals surface area contributed by atoms with Crippen LogP contribution in [0.5, 0.6) is 5.75 Å². The molecule has 10 nitrogen and oxygen atoms in total. The number of carbonyl (C=O) groups excluding carboxylic acids is 3. The molecule has 0 saturated carbocycles. The summed E-state index contributed by atoms with van der Waals surface area (Å²) in [6.45, 7) is 4.71. The molecular formula is C27H30N4O6. The van der Waals surface area contributed by atoms with E-state index in [1.54, 1.807) is 12.1 Å². The number of piperidine rings is 1. The Bertz CT molecular complexity index is 1210. The number of ether oxygens (including phenoxy) is 1. The normalized spacial score (nSPS) is 20.6. The number of benzene rings is 2. The van der Waals surface area contributed by atoms with Crippen molar-refractivity contribution in [2.45, 2.75) is 38.6 Å². The van der Waals surface area contributed by atoms with Crippen LogP contribution in [0.4, 0.5) is 0 Å². The SMILES string of the molecule is O=C(O)CN1CCN(Cc2ccc(COc3cccc4c3CN(C3CCC(=O)NC3=O)C4=O)cc2)CC1. The maximum Gasteiger partial charge on any atom is 0.317 e. The number of carboxylic acid groups (broad SMARTS) is 1. The highest BCUT2D eigenvalue weighted by atomic mass is 16.5. The van der Waals surface area contributed by atoms with Crippen molar-refractivity contribution in [2.24, 2.45) is 0 Å². The number of carbonyl (C=O) groups is 4. The molecule has 3 aliphatic rings. The Labute approximate surface area is 214 Å². The average Bonchev–Trinajstić information content (AvgIpc) is 3.21. The number of nitrogens with zero attached hydrogens (tertiary/aromatic N) is 3. The van der Waals surface area contributed by atoms with Crippen molar-refractivity contribution in [3.8, 4) is 5.75 Å². The number of fused-ring (bicyclic) bond motifs is 1. The van der Waals surface area contributed by atoms with Crippen molar-refractivity contribution in [3.05, 3.63) is 64.7 Å². The zero-order chi connectivity index (χ0) is 25.9. The number of nitrogens with one attached hydrogen (secondary N) is 1. The molecule has 37 heavy (non-hydrogen) atoms. The van der Waals surface area contributed by atoms with Gasteiger partial charge in [0, 0.05) is 50.3 Å². The molecular weight excluding hydrogens is 476 g/mol. The lowest BCUT2D eigenvalue weighted by molar-refractivity contribution is -0.139. The van der Waals surface area contributed by atoms with Crippen LogP contribution >= 0.6 is 0 Å². The third-order valence-corrected chi connectivity index (χ3v) is 7.19. The number of hydrogen-bond donors (Lipinski definition) is 2. The molecule has 0 radical (unpaired) electrons. The van der Waals surface area contributed by atoms with Gasteiger partial charge in [0.25, 0.3) is 5.91 Å². The quantitative estimate of drug-likeness (QED) is 0.513. The molecule has 2 aromatic carbocycles. The number of piperazine rings is 1. The Kier molecular flexibility index (Phi) is 7.20. The van der Waals surface area contributed by atoms with Gasteiger partial charge in [-0.25, -0.2) is 0 Å². The zero-order valence-corrected chi connectivity index (χ0v) is 20.5. The Balaban J connectivity index is 1.16. The first kappa shape index (κ1) is 24.9. The van der Waals surface area contributed by atoms with Crippen LogP contribution < -0.4 is 10.1 Å². The van der Waals surface area contributed by atoms with Crippen molar-refractivity contribution >= 4 is 23.7 Å². The molecule has 1 atom stereocenters. The van der Waals surface area contributed by atoms with Crippen LogP contribution in [0.25, 0.3) is 0 Å². The van der Waals surface area contributed by atoms with Crippen LogP contribution in [-0.4, -0.2) is 82.3 Å². The molecule has 3 amide bonds. The highest BCUT2D eigenvalue weighted by molar-refractivity contribution is 6.05. The number of amides is 3. The molecule has 194 valence electrons. The third-order valence-electron chi connectivity index (χ3n) is 7.19. The van der Waals surface area contributed by atoms with Crippen molar-refractivity contribution in [3.63, 3.8) is 0 Å². The summed E-state index contributed by atoms with van der Waals surface area (Å²) in [5.41, 5.74) is 3.47. The Hall–Kier alpha value is -3.76. The number of carboxylic acids is 1. The predicted octanol–water partition coefficient (Wildman–Crippen LogP) is 1.23. The highest BCUT2D eigenvalue weighted by Gasteiger charge is 2.40. The second-order valence-electron chi connectivity index (χ2n) is 9.73. The molecule has 0 aromatic heterocycles. The fourth-order valence-corrected chi connectivity index (χ4v) is 5.15. The minimum atomic E-state index is -0.787. The van der Waals surface area contributed by atoms with E-state index in [4.69, 9.17) is 9.84 Å². The molecule has 2 N–H and O–H groups in total. The summed E-state index contributed by atoms with van der Waals surface area (Å²) in [7, 11) is 0. The Morgan fingerprint density at radius 2 is 1.68 bits per heavy atom. The van der Waals surface area contributed by atoms with Gasteiger partial charge in [-0.3, -0.25) is 34.3 Å². The lowest BCUT2D eigenvalue weighted by Crippen LogP contribution is -2.52. The fourth-order valence-electron chi connectivity index (χ4n) is 5.15. The molecule has 2 aromatic rings. The van der Waals surface area contributed by atoms with Gasteiger partial charge in [-0.05, 0) is 29.7 Å². The average molecular weight is 507 g/mol. The van der Waals surface area contributed by atoms with E-state index in [9.17, 15) is 19.2 Å². The van der Waals surface area contributed by atoms with Gasteiger partial charge in [-0.1, -0.05) is 30.3 Å². The summed E-state index contributed by atoms with van der Waals surface area (Å²) in [6, 6.07) is 12.9. The van der Waals surface area contributed by atoms with Crippen molar-refractivity contribution < 1.29 is 29.0 Å². The van der Waals surface area contributed by atoms with Gasteiger partial charge in [0.15, 0.2) is 0 Å². The van der Waals surface area contributed by atoms with Gasteiger partial charge in [-0.2, -0.15) is 0 Å². The lowest BCUT2D eigenvalue weighted by Gasteiger charge is -2.33. The first-order chi connectivity index (χ1) is 17.9. The molecule has 10 heteroatoms. The van der Waals surface area contributed by atoms with Crippen LogP contribution in [0.3, 0.4) is 0 Å². The highest BCUT2D eigenvalue weighted by Crippen LogP contribution is 2.34. The first-order valence-corrected chi connectivity index (χ1v) is 12.5. The maximum atomic E-state index is 13.0. The third kappa shape index (κ3) is 5.65. The molecule has 2 saturated heterocycles. The van der Waals surface area contributed by atoms with Crippen LogP contribution in [0, 0.1) is 0 Å². The van der Waals surface area contributed by atoms with E-state index in [0.29, 0.717) is 24.3 Å². The van der Waals surface area contributed by atoms with E-state index in [1.165, 1.54) is 10.5 Å². The molecule has 1 unspecified atom stereocenters. The van der Waals surface area contributed by atoms with Gasteiger partial charge < -0.3 is 14.7 Å². The molecule has 2 fully saturated rings. The van der Waals surface area contributed by atoms with E-state index in [2.05, 4.69) is 22.3 Å². The largest absolute Gasteiger partial charge is 0.489 e. The van der Waals surface area contributed by atoms with Crippen LogP contribution in [0.2, 0.25) is 0 Å². The summed E-state index contributed by atoms with van der Waals surface area (Å²) in [4.78, 5) is 53.5. The predicted molar refractivity (Wildman–Crippen MR) is 133 cm³/mol. The summed E-state index contributed by atoms with van der Waals surface area (Å²) < 4.78 is 6.10. The van der Waals surface area contributed by atoms with E-state index in [-0.39, 0.29) is 31.3 Å². The van der Waals surface area contributed by atoms with Gasteiger partial charge in [0.1, 0.15) is 18.4 Å². The van der Waals surface area contributed by atoms with Gasteiger partial charge in [0.05, 0.1) is 13.1 Å². The smallest absolute Gasteiger partial charge is 0.317 e. The van der Waals surface area contributed by atoms with Crippen molar-refractivity contribution in [2.75, 3.05) is 32.7 Å². The molecule has 0 spiro atoms. The van der Waals surface area contributed by atoms with Crippen LogP contribution in [0.1, 0.15) is 39.9 Å². The Morgan fingerprint density at radius 3 is 2.38 bits per heavy atom. The zero-order valence-electron chi connectivity index (χ0n) is 20.5. The molecule has 3 heterocycles. The van der Waals surface area contributed by atoms with Gasteiger partial charge in [-0.15, -0.1) is 0 Å². The van der Waals surface area contributed by atoms with Crippen LogP contribution in [0.15, 0.2) is 42.5 Å². The summed E-state index contributed by atoms with van der Waals surface area (Å²) >= 11 is 0. The summed E-state index contributed by atoms with van der Waals surface area (Å²) in [5, 5.41) is 11.3. The van der Waals surface area contributed by atoms with Crippen molar-refractivity contribution in [1.82, 2.24) is 20.0 Å². The van der Waals surface area contributed by atoms with E-state index in [0.717, 1.165) is 43.9 Å². The molecule has 0 aliphatic carbocycles. The second kappa shape index (κ2) is 10.7. The standard InChI is InChI=1S/C27H30N4O6/c32-24-9-8-22(26(35)28-24)31-15-21-20(27(31)36)2-1-3-23(21)37-17-19-6-4-18(5-7-19)14-29-10-12-30(13-11-29)16-25(33)34/h1-7,22H,8-17H2,(H,33,34)(H,28,32,35). The number of aliphatic carboxylic acids is 1. The fraction of sp³-hybridized carbons (Fsp3) is 0.407. The second-order valence-corrected chi connectivity index (χ2v) is 9.73. The van der Waals surface area contributed by atoms with Gasteiger partial charge in [0.2, 0.25) is 11.8 Å². The van der Waals surface area contributed by atoms with Gasteiger partial charge >= 0.3 is 5.97 Å². The topological polar surface area (TPSA) is 119 Å². The molecule has 5 rings (SSSR count). The number of hydrogen-bond acceptors (Lipinski definition) is 7. The number of rotatable bonds is 8. The molecule has 0 bridgehead atoms. The molecule has 3 aliphatic heterocycles.